The largest absolute Gasteiger partial charge is 0.444 e. The lowest BCUT2D eigenvalue weighted by Crippen LogP contribution is -2.54. The zero-order valence-corrected chi connectivity index (χ0v) is 15.0. The van der Waals surface area contributed by atoms with Crippen LogP contribution in [0.5, 0.6) is 0 Å². The van der Waals surface area contributed by atoms with Gasteiger partial charge in [0.25, 0.3) is 0 Å². The van der Waals surface area contributed by atoms with Crippen LogP contribution in [0.4, 0.5) is 4.79 Å². The van der Waals surface area contributed by atoms with Crippen molar-refractivity contribution in [1.82, 2.24) is 10.6 Å². The third kappa shape index (κ3) is 4.99. The monoisotopic (exact) mass is 324 g/mol. The lowest BCUT2D eigenvalue weighted by molar-refractivity contribution is 0.0464. The van der Waals surface area contributed by atoms with Crippen LogP contribution in [-0.4, -0.2) is 30.3 Å². The molecule has 1 aromatic rings. The van der Waals surface area contributed by atoms with Gasteiger partial charge in [0.2, 0.25) is 0 Å². The van der Waals surface area contributed by atoms with E-state index >= 15 is 0 Å². The van der Waals surface area contributed by atoms with Gasteiger partial charge in [0, 0.05) is 28.9 Å². The molecule has 2 rings (SSSR count). The van der Waals surface area contributed by atoms with E-state index in [4.69, 9.17) is 4.74 Å². The predicted molar refractivity (Wildman–Crippen MR) is 91.5 cm³/mol. The van der Waals surface area contributed by atoms with Gasteiger partial charge >= 0.3 is 6.09 Å². The number of carbonyl (C=O) groups is 1. The Morgan fingerprint density at radius 2 is 1.95 bits per heavy atom. The van der Waals surface area contributed by atoms with Crippen LogP contribution in [0, 0.1) is 0 Å². The van der Waals surface area contributed by atoms with Crippen LogP contribution in [-0.2, 0) is 10.2 Å². The van der Waals surface area contributed by atoms with Crippen molar-refractivity contribution in [2.24, 2.45) is 0 Å². The third-order valence-electron chi connectivity index (χ3n) is 3.88. The molecule has 1 heterocycles. The van der Waals surface area contributed by atoms with Crippen LogP contribution in [0.25, 0.3) is 0 Å². The van der Waals surface area contributed by atoms with Crippen molar-refractivity contribution in [2.75, 3.05) is 6.54 Å². The zero-order chi connectivity index (χ0) is 16.4. The number of carbonyl (C=O) groups excluding carboxylic acids is 1. The summed E-state index contributed by atoms with van der Waals surface area (Å²) in [6, 6.07) is 5.02. The molecule has 1 saturated carbocycles. The van der Waals surface area contributed by atoms with E-state index in [1.165, 1.54) is 4.88 Å². The first-order valence-corrected chi connectivity index (χ1v) is 8.80. The Bertz CT molecular complexity index is 485. The standard InChI is InChI=1S/C17H28N2O2S/c1-16(2,3)21-15(20)19-13-9-12(10-13)18-11-17(4,5)14-7-6-8-22-14/h6-8,12-13,18H,9-11H2,1-5H3,(H,19,20). The van der Waals surface area contributed by atoms with Gasteiger partial charge in [-0.2, -0.15) is 0 Å². The molecule has 0 saturated heterocycles. The highest BCUT2D eigenvalue weighted by Crippen LogP contribution is 2.28. The normalized spacial score (nSPS) is 22.0. The highest BCUT2D eigenvalue weighted by atomic mass is 32.1. The van der Waals surface area contributed by atoms with E-state index in [1.807, 2.05) is 32.1 Å². The van der Waals surface area contributed by atoms with E-state index < -0.39 is 5.60 Å². The summed E-state index contributed by atoms with van der Waals surface area (Å²) in [5.41, 5.74) is -0.284. The average molecular weight is 324 g/mol. The fourth-order valence-corrected chi connectivity index (χ4v) is 3.38. The van der Waals surface area contributed by atoms with Gasteiger partial charge in [0.05, 0.1) is 0 Å². The predicted octanol–water partition coefficient (Wildman–Crippen LogP) is 3.67. The van der Waals surface area contributed by atoms with Crippen molar-refractivity contribution in [3.8, 4) is 0 Å². The summed E-state index contributed by atoms with van der Waals surface area (Å²) in [6.45, 7) is 11.1. The minimum atomic E-state index is -0.434. The first-order chi connectivity index (χ1) is 10.2. The molecule has 0 unspecified atom stereocenters. The SMILES string of the molecule is CC(C)(C)OC(=O)NC1CC(NCC(C)(C)c2cccs2)C1. The molecule has 124 valence electrons. The fourth-order valence-electron chi connectivity index (χ4n) is 2.53. The second-order valence-electron chi connectivity index (χ2n) is 7.75. The van der Waals surface area contributed by atoms with Crippen molar-refractivity contribution < 1.29 is 9.53 Å². The molecule has 0 atom stereocenters. The molecule has 0 spiro atoms. The Labute approximate surface area is 137 Å². The van der Waals surface area contributed by atoms with Crippen molar-refractivity contribution >= 4 is 17.4 Å². The first-order valence-electron chi connectivity index (χ1n) is 7.92. The highest BCUT2D eigenvalue weighted by Gasteiger charge is 2.33. The van der Waals surface area contributed by atoms with Crippen LogP contribution in [0.1, 0.15) is 52.3 Å². The lowest BCUT2D eigenvalue weighted by Gasteiger charge is -2.38. The van der Waals surface area contributed by atoms with Crippen LogP contribution >= 0.6 is 11.3 Å². The third-order valence-corrected chi connectivity index (χ3v) is 5.12. The van der Waals surface area contributed by atoms with Crippen molar-refractivity contribution in [2.45, 2.75) is 70.6 Å². The van der Waals surface area contributed by atoms with Crippen LogP contribution in [0.2, 0.25) is 0 Å². The van der Waals surface area contributed by atoms with Gasteiger partial charge in [-0.1, -0.05) is 19.9 Å². The van der Waals surface area contributed by atoms with Gasteiger partial charge in [-0.05, 0) is 45.1 Å². The minimum Gasteiger partial charge on any atom is -0.444 e. The molecular weight excluding hydrogens is 296 g/mol. The zero-order valence-electron chi connectivity index (χ0n) is 14.2. The van der Waals surface area contributed by atoms with Crippen molar-refractivity contribution in [3.63, 3.8) is 0 Å². The van der Waals surface area contributed by atoms with Gasteiger partial charge in [0.1, 0.15) is 5.60 Å². The lowest BCUT2D eigenvalue weighted by atomic mass is 9.84. The van der Waals surface area contributed by atoms with E-state index in [0.717, 1.165) is 19.4 Å². The number of ether oxygens (including phenoxy) is 1. The Balaban J connectivity index is 1.67. The smallest absolute Gasteiger partial charge is 0.407 e. The highest BCUT2D eigenvalue weighted by molar-refractivity contribution is 7.10. The molecule has 1 aliphatic rings. The van der Waals surface area contributed by atoms with Gasteiger partial charge in [-0.25, -0.2) is 4.79 Å². The number of hydrogen-bond acceptors (Lipinski definition) is 4. The first kappa shape index (κ1) is 17.3. The molecule has 22 heavy (non-hydrogen) atoms. The number of amides is 1. The number of thiophene rings is 1. The van der Waals surface area contributed by atoms with Crippen LogP contribution < -0.4 is 10.6 Å². The van der Waals surface area contributed by atoms with E-state index in [9.17, 15) is 4.79 Å². The molecule has 0 radical (unpaired) electrons. The Hall–Kier alpha value is -1.07. The fraction of sp³-hybridized carbons (Fsp3) is 0.706. The summed E-state index contributed by atoms with van der Waals surface area (Å²) in [4.78, 5) is 13.1. The number of rotatable bonds is 5. The quantitative estimate of drug-likeness (QED) is 0.869. The second-order valence-corrected chi connectivity index (χ2v) is 8.70. The minimum absolute atomic E-state index is 0.151. The Kier molecular flexibility index (Phi) is 5.17. The molecule has 0 aliphatic heterocycles. The maximum absolute atomic E-state index is 11.7. The number of alkyl carbamates (subject to hydrolysis) is 1. The van der Waals surface area contributed by atoms with Crippen molar-refractivity contribution in [1.29, 1.82) is 0 Å². The molecule has 4 nitrogen and oxygen atoms in total. The van der Waals surface area contributed by atoms with Crippen molar-refractivity contribution in [3.05, 3.63) is 22.4 Å². The number of nitrogens with one attached hydrogen (secondary N) is 2. The average Bonchev–Trinajstić information content (AvgIpc) is 2.83. The molecule has 1 aliphatic carbocycles. The maximum Gasteiger partial charge on any atom is 0.407 e. The molecular formula is C17H28N2O2S. The molecule has 5 heteroatoms. The van der Waals surface area contributed by atoms with Gasteiger partial charge < -0.3 is 15.4 Å². The molecule has 1 aromatic heterocycles. The van der Waals surface area contributed by atoms with Gasteiger partial charge in [0.15, 0.2) is 0 Å². The number of hydrogen-bond donors (Lipinski definition) is 2. The van der Waals surface area contributed by atoms with E-state index in [1.54, 1.807) is 0 Å². The van der Waals surface area contributed by atoms with Gasteiger partial charge in [-0.15, -0.1) is 11.3 Å². The summed E-state index contributed by atoms with van der Waals surface area (Å²) in [7, 11) is 0. The Morgan fingerprint density at radius 3 is 2.50 bits per heavy atom. The molecule has 1 amide bonds. The summed E-state index contributed by atoms with van der Waals surface area (Å²) < 4.78 is 5.27. The summed E-state index contributed by atoms with van der Waals surface area (Å²) in [6.07, 6.45) is 1.63. The topological polar surface area (TPSA) is 50.4 Å². The molecule has 0 aromatic carbocycles. The summed E-state index contributed by atoms with van der Waals surface area (Å²) in [5.74, 6) is 0. The Morgan fingerprint density at radius 1 is 1.27 bits per heavy atom. The van der Waals surface area contributed by atoms with E-state index in [0.29, 0.717) is 6.04 Å². The van der Waals surface area contributed by atoms with Crippen LogP contribution in [0.3, 0.4) is 0 Å². The molecule has 1 fully saturated rings. The maximum atomic E-state index is 11.7. The second kappa shape index (κ2) is 6.59. The molecule has 2 N–H and O–H groups in total. The van der Waals surface area contributed by atoms with Gasteiger partial charge in [-0.3, -0.25) is 0 Å². The van der Waals surface area contributed by atoms with E-state index in [-0.39, 0.29) is 17.6 Å². The molecule has 0 bridgehead atoms. The summed E-state index contributed by atoms with van der Waals surface area (Å²) >= 11 is 1.81. The van der Waals surface area contributed by atoms with Crippen LogP contribution in [0.15, 0.2) is 17.5 Å². The summed E-state index contributed by atoms with van der Waals surface area (Å²) in [5, 5.41) is 8.67. The van der Waals surface area contributed by atoms with E-state index in [2.05, 4.69) is 42.0 Å².